The highest BCUT2D eigenvalue weighted by molar-refractivity contribution is 14.1. The molecule has 0 saturated carbocycles. The van der Waals surface area contributed by atoms with Gasteiger partial charge in [-0.2, -0.15) is 5.26 Å². The van der Waals surface area contributed by atoms with E-state index in [1.54, 1.807) is 0 Å². The van der Waals surface area contributed by atoms with Crippen molar-refractivity contribution in [3.8, 4) is 6.07 Å². The molecule has 1 heterocycles. The van der Waals surface area contributed by atoms with Gasteiger partial charge in [-0.3, -0.25) is 0 Å². The minimum Gasteiger partial charge on any atom is -0.423 e. The molecule has 1 rings (SSSR count). The fraction of sp³-hybridized carbons (Fsp3) is 0. The maximum absolute atomic E-state index is 8.80. The lowest BCUT2D eigenvalue weighted by atomic mass is 9.82. The van der Waals surface area contributed by atoms with Crippen LogP contribution in [-0.4, -0.2) is 22.2 Å². The first-order chi connectivity index (χ1) is 5.65. The van der Waals surface area contributed by atoms with Gasteiger partial charge >= 0.3 is 7.12 Å². The Kier molecular flexibility index (Phi) is 3.02. The van der Waals surface area contributed by atoms with Gasteiger partial charge in [0.25, 0.3) is 0 Å². The lowest BCUT2D eigenvalue weighted by molar-refractivity contribution is 0.425. The summed E-state index contributed by atoms with van der Waals surface area (Å²) in [6.07, 6.45) is 0. The zero-order valence-corrected chi connectivity index (χ0v) is 8.06. The second-order valence-corrected chi connectivity index (χ2v) is 3.08. The van der Waals surface area contributed by atoms with Crippen LogP contribution in [0.2, 0.25) is 0 Å². The number of nitrogens with zero attached hydrogens (tertiary/aromatic N) is 2. The van der Waals surface area contributed by atoms with Gasteiger partial charge < -0.3 is 10.0 Å². The summed E-state index contributed by atoms with van der Waals surface area (Å²) in [4.78, 5) is 3.82. The van der Waals surface area contributed by atoms with E-state index in [9.17, 15) is 0 Å². The molecular formula is C6H4BIN2O2. The molecular weight excluding hydrogens is 270 g/mol. The van der Waals surface area contributed by atoms with Crippen LogP contribution in [0.1, 0.15) is 5.69 Å². The summed E-state index contributed by atoms with van der Waals surface area (Å²) >= 11 is 1.84. The van der Waals surface area contributed by atoms with Gasteiger partial charge in [-0.15, -0.1) is 0 Å². The maximum Gasteiger partial charge on any atom is 0.491 e. The topological polar surface area (TPSA) is 77.1 Å². The molecule has 0 spiro atoms. The van der Waals surface area contributed by atoms with Crippen LogP contribution in [0.5, 0.6) is 0 Å². The molecule has 1 aromatic rings. The molecule has 0 radical (unpaired) electrons. The van der Waals surface area contributed by atoms with Crippen molar-refractivity contribution < 1.29 is 10.0 Å². The molecule has 6 heteroatoms. The molecule has 0 aliphatic rings. The molecule has 0 fully saturated rings. The van der Waals surface area contributed by atoms with Crippen molar-refractivity contribution in [3.63, 3.8) is 0 Å². The first-order valence-electron chi connectivity index (χ1n) is 3.08. The van der Waals surface area contributed by atoms with Crippen molar-refractivity contribution in [2.75, 3.05) is 0 Å². The molecule has 0 aromatic carbocycles. The third kappa shape index (κ3) is 1.94. The molecule has 0 bridgehead atoms. The quantitative estimate of drug-likeness (QED) is 0.401. The standard InChI is InChI=1S/C6H4BIN2O2/c8-6-5(7(11)12)2-1-4(3-9)10-6/h1-2,11-12H. The molecule has 2 N–H and O–H groups in total. The van der Waals surface area contributed by atoms with Gasteiger partial charge in [0.2, 0.25) is 0 Å². The minimum atomic E-state index is -1.53. The van der Waals surface area contributed by atoms with Crippen molar-refractivity contribution in [2.45, 2.75) is 0 Å². The first kappa shape index (κ1) is 9.44. The van der Waals surface area contributed by atoms with Crippen LogP contribution in [0.3, 0.4) is 0 Å². The number of halogens is 1. The highest BCUT2D eigenvalue weighted by Gasteiger charge is 2.15. The minimum absolute atomic E-state index is 0.267. The van der Waals surface area contributed by atoms with E-state index in [0.29, 0.717) is 9.16 Å². The van der Waals surface area contributed by atoms with Crippen LogP contribution in [0.25, 0.3) is 0 Å². The predicted octanol–water partition coefficient (Wildman–Crippen LogP) is -0.762. The Hall–Kier alpha value is -0.645. The first-order valence-corrected chi connectivity index (χ1v) is 4.15. The van der Waals surface area contributed by atoms with E-state index in [4.69, 9.17) is 15.3 Å². The lowest BCUT2D eigenvalue weighted by Gasteiger charge is -2.00. The third-order valence-electron chi connectivity index (χ3n) is 1.27. The summed E-state index contributed by atoms with van der Waals surface area (Å²) in [7, 11) is -1.53. The number of rotatable bonds is 1. The number of aromatic nitrogens is 1. The van der Waals surface area contributed by atoms with Gasteiger partial charge in [-0.05, 0) is 28.7 Å². The van der Waals surface area contributed by atoms with Crippen LogP contribution >= 0.6 is 22.6 Å². The monoisotopic (exact) mass is 274 g/mol. The number of hydrogen-bond acceptors (Lipinski definition) is 4. The SMILES string of the molecule is N#Cc1ccc(B(O)O)c(I)n1. The molecule has 0 aliphatic heterocycles. The van der Waals surface area contributed by atoms with Gasteiger partial charge in [0.1, 0.15) is 15.5 Å². The van der Waals surface area contributed by atoms with Crippen LogP contribution in [0, 0.1) is 15.0 Å². The molecule has 4 nitrogen and oxygen atoms in total. The summed E-state index contributed by atoms with van der Waals surface area (Å²) in [5, 5.41) is 26.0. The van der Waals surface area contributed by atoms with E-state index in [2.05, 4.69) is 4.98 Å². The van der Waals surface area contributed by atoms with Crippen LogP contribution < -0.4 is 5.46 Å². The highest BCUT2D eigenvalue weighted by atomic mass is 127. The Bertz CT molecular complexity index is 337. The van der Waals surface area contributed by atoms with Crippen molar-refractivity contribution in [2.24, 2.45) is 0 Å². The van der Waals surface area contributed by atoms with E-state index >= 15 is 0 Å². The Labute approximate surface area is 83.2 Å². The van der Waals surface area contributed by atoms with Gasteiger partial charge in [0, 0.05) is 5.46 Å². The van der Waals surface area contributed by atoms with E-state index in [-0.39, 0.29) is 5.69 Å². The van der Waals surface area contributed by atoms with Gasteiger partial charge in [0.05, 0.1) is 0 Å². The molecule has 0 saturated heterocycles. The Balaban J connectivity index is 3.14. The van der Waals surface area contributed by atoms with Gasteiger partial charge in [0.15, 0.2) is 0 Å². The molecule has 0 amide bonds. The Morgan fingerprint density at radius 2 is 2.17 bits per heavy atom. The summed E-state index contributed by atoms with van der Waals surface area (Å²) in [6.45, 7) is 0. The van der Waals surface area contributed by atoms with Crippen molar-refractivity contribution in [1.29, 1.82) is 5.26 Å². The molecule has 0 aliphatic carbocycles. The number of pyridine rings is 1. The molecule has 60 valence electrons. The van der Waals surface area contributed by atoms with Crippen molar-refractivity contribution in [3.05, 3.63) is 21.5 Å². The Morgan fingerprint density at radius 3 is 2.58 bits per heavy atom. The zero-order chi connectivity index (χ0) is 9.14. The van der Waals surface area contributed by atoms with Gasteiger partial charge in [-0.1, -0.05) is 6.07 Å². The lowest BCUT2D eigenvalue weighted by Crippen LogP contribution is -2.33. The largest absolute Gasteiger partial charge is 0.491 e. The molecule has 1 aromatic heterocycles. The average Bonchev–Trinajstić information content (AvgIpc) is 2.03. The predicted molar refractivity (Wildman–Crippen MR) is 51.5 cm³/mol. The van der Waals surface area contributed by atoms with Crippen molar-refractivity contribution in [1.82, 2.24) is 4.98 Å². The normalized spacial score (nSPS) is 9.17. The molecule has 0 unspecified atom stereocenters. The van der Waals surface area contributed by atoms with Crippen LogP contribution in [-0.2, 0) is 0 Å². The summed E-state index contributed by atoms with van der Waals surface area (Å²) in [5.74, 6) is 0. The van der Waals surface area contributed by atoms with Crippen LogP contribution in [0.15, 0.2) is 12.1 Å². The van der Waals surface area contributed by atoms with Crippen molar-refractivity contribution >= 4 is 35.2 Å². The van der Waals surface area contributed by atoms with E-state index < -0.39 is 7.12 Å². The van der Waals surface area contributed by atoms with E-state index in [0.717, 1.165) is 0 Å². The average molecular weight is 274 g/mol. The smallest absolute Gasteiger partial charge is 0.423 e. The summed E-state index contributed by atoms with van der Waals surface area (Å²) in [6, 6.07) is 4.77. The Morgan fingerprint density at radius 1 is 1.50 bits per heavy atom. The van der Waals surface area contributed by atoms with E-state index in [1.165, 1.54) is 12.1 Å². The molecule has 12 heavy (non-hydrogen) atoms. The molecule has 0 atom stereocenters. The third-order valence-corrected chi connectivity index (χ3v) is 2.13. The fourth-order valence-electron chi connectivity index (χ4n) is 0.700. The summed E-state index contributed by atoms with van der Waals surface area (Å²) < 4.78 is 0.432. The summed E-state index contributed by atoms with van der Waals surface area (Å²) in [5.41, 5.74) is 0.582. The highest BCUT2D eigenvalue weighted by Crippen LogP contribution is 1.99. The van der Waals surface area contributed by atoms with Crippen LogP contribution in [0.4, 0.5) is 0 Å². The number of nitriles is 1. The second-order valence-electron chi connectivity index (χ2n) is 2.06. The maximum atomic E-state index is 8.80. The van der Waals surface area contributed by atoms with Gasteiger partial charge in [-0.25, -0.2) is 4.98 Å². The number of hydrogen-bond donors (Lipinski definition) is 2. The fourth-order valence-corrected chi connectivity index (χ4v) is 1.42. The zero-order valence-electron chi connectivity index (χ0n) is 5.90. The van der Waals surface area contributed by atoms with E-state index in [1.807, 2.05) is 28.7 Å². The second kappa shape index (κ2) is 3.84.